The molecule has 3 aromatic rings. The van der Waals surface area contributed by atoms with Gasteiger partial charge in [0.1, 0.15) is 6.10 Å². The number of ether oxygens (including phenoxy) is 1. The molecule has 1 N–H and O–H groups in total. The Labute approximate surface area is 187 Å². The number of nitrogens with zero attached hydrogens (tertiary/aromatic N) is 5. The van der Waals surface area contributed by atoms with E-state index < -0.39 is 0 Å². The van der Waals surface area contributed by atoms with E-state index in [4.69, 9.17) is 9.72 Å². The van der Waals surface area contributed by atoms with E-state index in [2.05, 4.69) is 50.2 Å². The zero-order valence-electron chi connectivity index (χ0n) is 18.2. The molecular weight excluding hydrogens is 498 g/mol. The largest absolute Gasteiger partial charge is 0.473 e. The van der Waals surface area contributed by atoms with Crippen LogP contribution in [0, 0.1) is 13.8 Å². The summed E-state index contributed by atoms with van der Waals surface area (Å²) < 4.78 is 9.95. The summed E-state index contributed by atoms with van der Waals surface area (Å²) in [6, 6.07) is 2.07. The van der Waals surface area contributed by atoms with Gasteiger partial charge >= 0.3 is 0 Å². The first-order chi connectivity index (χ1) is 13.9. The Morgan fingerprint density at radius 3 is 2.59 bits per heavy atom. The van der Waals surface area contributed by atoms with E-state index in [0.717, 1.165) is 51.7 Å². The second-order valence-electron chi connectivity index (χ2n) is 6.45. The molecular formula is C20H30IN6OP. The van der Waals surface area contributed by atoms with Crippen LogP contribution in [0.15, 0.2) is 12.6 Å². The molecule has 29 heavy (non-hydrogen) atoms. The number of aryl methyl sites for hydroxylation is 3. The Balaban J connectivity index is 0.00000145. The molecule has 2 unspecified atom stereocenters. The average molecular weight is 528 g/mol. The van der Waals surface area contributed by atoms with Gasteiger partial charge in [0.2, 0.25) is 5.88 Å². The molecule has 0 aliphatic carbocycles. The molecule has 3 heterocycles. The first-order valence-corrected chi connectivity index (χ1v) is 13.7. The van der Waals surface area contributed by atoms with Crippen molar-refractivity contribution >= 4 is 45.4 Å². The number of nitrogens with one attached hydrogen (secondary N) is 1. The van der Waals surface area contributed by atoms with Gasteiger partial charge in [-0.05, 0) is 62.0 Å². The molecule has 0 saturated heterocycles. The Bertz CT molecular complexity index is 997. The zero-order chi connectivity index (χ0) is 21.7. The van der Waals surface area contributed by atoms with Gasteiger partial charge in [-0.1, -0.05) is 20.4 Å². The van der Waals surface area contributed by atoms with Crippen LogP contribution in [0.3, 0.4) is 0 Å². The number of hydrogen-bond donors (Lipinski definition) is 1. The molecule has 0 bridgehead atoms. The summed E-state index contributed by atoms with van der Waals surface area (Å²) in [5, 5.41) is 13.4. The monoisotopic (exact) mass is 528 g/mol. The molecule has 0 aliphatic rings. The number of aromatic nitrogens is 5. The van der Waals surface area contributed by atoms with Crippen molar-refractivity contribution in [2.24, 2.45) is 7.05 Å². The highest BCUT2D eigenvalue weighted by molar-refractivity contribution is 14.2. The van der Waals surface area contributed by atoms with Crippen LogP contribution in [0.2, 0.25) is 0 Å². The fourth-order valence-electron chi connectivity index (χ4n) is 3.27. The Hall–Kier alpha value is -1.51. The van der Waals surface area contributed by atoms with Gasteiger partial charge in [-0.25, -0.2) is 9.13 Å². The molecule has 0 aliphatic heterocycles. The van der Waals surface area contributed by atoms with E-state index in [1.54, 1.807) is 10.8 Å². The number of pyridine rings is 1. The van der Waals surface area contributed by atoms with E-state index in [-0.39, 0.29) is 6.10 Å². The second-order valence-corrected chi connectivity index (χ2v) is 8.49. The zero-order valence-corrected chi connectivity index (χ0v) is 21.3. The molecule has 3 rings (SSSR count). The standard InChI is InChI=1S/C18H24IN6OP.C2H6/c1-7-14-13-8-15(21-12(4)17(13)25(23-14)27-19)16-11(3)22-24(6)18(16)26-10(2)9-20-5;1-2/h7-8,10,20,27H,1,9H2,2-6H3;1-2H3. The summed E-state index contributed by atoms with van der Waals surface area (Å²) in [7, 11) is 3.81. The van der Waals surface area contributed by atoms with Gasteiger partial charge in [0, 0.05) is 19.0 Å². The molecule has 0 spiro atoms. The smallest absolute Gasteiger partial charge is 0.221 e. The quantitative estimate of drug-likeness (QED) is 0.349. The number of fused-ring (bicyclic) bond motifs is 1. The molecule has 0 fully saturated rings. The third kappa shape index (κ3) is 4.81. The fraction of sp³-hybridized carbons (Fsp3) is 0.450. The lowest BCUT2D eigenvalue weighted by Gasteiger charge is -2.16. The highest BCUT2D eigenvalue weighted by Gasteiger charge is 2.22. The first-order valence-electron chi connectivity index (χ1n) is 9.65. The van der Waals surface area contributed by atoms with Crippen molar-refractivity contribution in [1.82, 2.24) is 29.6 Å². The van der Waals surface area contributed by atoms with Crippen LogP contribution in [0.1, 0.15) is 37.9 Å². The van der Waals surface area contributed by atoms with E-state index in [1.807, 2.05) is 53.2 Å². The van der Waals surface area contributed by atoms with Crippen molar-refractivity contribution < 1.29 is 4.74 Å². The Morgan fingerprint density at radius 1 is 1.31 bits per heavy atom. The predicted octanol–water partition coefficient (Wildman–Crippen LogP) is 4.90. The van der Waals surface area contributed by atoms with Gasteiger partial charge in [0.15, 0.2) is 0 Å². The molecule has 7 nitrogen and oxygen atoms in total. The lowest BCUT2D eigenvalue weighted by molar-refractivity contribution is 0.203. The summed E-state index contributed by atoms with van der Waals surface area (Å²) in [4.78, 5) is 4.87. The number of hydrogen-bond acceptors (Lipinski definition) is 5. The SMILES string of the molecule is C=Cc1nn(PI)c2c(C)nc(-c3c(C)nn(C)c3OC(C)CNC)cc12.CC. The molecule has 0 aromatic carbocycles. The number of halogens is 1. The van der Waals surface area contributed by atoms with E-state index in [9.17, 15) is 0 Å². The van der Waals surface area contributed by atoms with E-state index in [0.29, 0.717) is 6.37 Å². The van der Waals surface area contributed by atoms with Gasteiger partial charge in [-0.3, -0.25) is 4.98 Å². The average Bonchev–Trinajstić information content (AvgIpc) is 3.20. The number of rotatable bonds is 7. The molecule has 0 amide bonds. The molecule has 158 valence electrons. The maximum atomic E-state index is 6.18. The van der Waals surface area contributed by atoms with Gasteiger partial charge < -0.3 is 10.1 Å². The maximum Gasteiger partial charge on any atom is 0.221 e. The Kier molecular flexibility index (Phi) is 8.60. The third-order valence-corrected chi connectivity index (χ3v) is 6.22. The van der Waals surface area contributed by atoms with Gasteiger partial charge in [-0.15, -0.1) is 0 Å². The van der Waals surface area contributed by atoms with Gasteiger partial charge in [0.25, 0.3) is 0 Å². The van der Waals surface area contributed by atoms with Gasteiger partial charge in [0.05, 0.1) is 40.2 Å². The van der Waals surface area contributed by atoms with Crippen molar-refractivity contribution in [3.8, 4) is 17.1 Å². The third-order valence-electron chi connectivity index (χ3n) is 4.37. The Morgan fingerprint density at radius 2 is 2.00 bits per heavy atom. The number of likely N-dealkylation sites (N-methyl/N-ethyl adjacent to an activating group) is 1. The maximum absolute atomic E-state index is 6.18. The van der Waals surface area contributed by atoms with Crippen LogP contribution in [0.4, 0.5) is 0 Å². The molecule has 2 atom stereocenters. The second kappa shape index (κ2) is 10.5. The normalized spacial score (nSPS) is 12.3. The topological polar surface area (TPSA) is 69.8 Å². The van der Waals surface area contributed by atoms with Crippen LogP contribution >= 0.6 is 28.4 Å². The summed E-state index contributed by atoms with van der Waals surface area (Å²) in [5.74, 6) is 0.727. The van der Waals surface area contributed by atoms with Crippen molar-refractivity contribution in [1.29, 1.82) is 0 Å². The minimum atomic E-state index is 0.0140. The lowest BCUT2D eigenvalue weighted by atomic mass is 10.1. The predicted molar refractivity (Wildman–Crippen MR) is 132 cm³/mol. The first kappa shape index (κ1) is 23.8. The van der Waals surface area contributed by atoms with Crippen LogP contribution in [-0.2, 0) is 7.05 Å². The van der Waals surface area contributed by atoms with Crippen molar-refractivity contribution in [3.63, 3.8) is 0 Å². The minimum absolute atomic E-state index is 0.0140. The van der Waals surface area contributed by atoms with Crippen molar-refractivity contribution in [2.45, 2.75) is 40.7 Å². The molecule has 9 heteroatoms. The van der Waals surface area contributed by atoms with Crippen LogP contribution in [-0.4, -0.2) is 44.0 Å². The molecule has 0 radical (unpaired) electrons. The lowest BCUT2D eigenvalue weighted by Crippen LogP contribution is -2.27. The van der Waals surface area contributed by atoms with Crippen LogP contribution in [0.25, 0.3) is 28.2 Å². The fourth-order valence-corrected chi connectivity index (χ4v) is 4.83. The van der Waals surface area contributed by atoms with Crippen LogP contribution < -0.4 is 10.1 Å². The summed E-state index contributed by atoms with van der Waals surface area (Å²) in [6.07, 6.45) is 2.31. The summed E-state index contributed by atoms with van der Waals surface area (Å²) >= 11 is 2.33. The van der Waals surface area contributed by atoms with E-state index >= 15 is 0 Å². The summed E-state index contributed by atoms with van der Waals surface area (Å²) in [5.41, 5.74) is 5.51. The van der Waals surface area contributed by atoms with Crippen molar-refractivity contribution in [2.75, 3.05) is 13.6 Å². The van der Waals surface area contributed by atoms with Crippen molar-refractivity contribution in [3.05, 3.63) is 29.7 Å². The van der Waals surface area contributed by atoms with Crippen LogP contribution in [0.5, 0.6) is 5.88 Å². The van der Waals surface area contributed by atoms with E-state index in [1.165, 1.54) is 0 Å². The highest BCUT2D eigenvalue weighted by Crippen LogP contribution is 2.37. The molecule has 0 saturated carbocycles. The molecule has 3 aromatic heterocycles. The minimum Gasteiger partial charge on any atom is -0.473 e. The summed E-state index contributed by atoms with van der Waals surface area (Å²) in [6.45, 7) is 14.7. The van der Waals surface area contributed by atoms with Gasteiger partial charge in [-0.2, -0.15) is 10.2 Å². The highest BCUT2D eigenvalue weighted by atomic mass is 127.